The number of para-hydroxylation sites is 1. The maximum atomic E-state index is 11.1. The summed E-state index contributed by atoms with van der Waals surface area (Å²) in [6.07, 6.45) is 3.56. The van der Waals surface area contributed by atoms with E-state index in [0.717, 1.165) is 8.96 Å². The van der Waals surface area contributed by atoms with Gasteiger partial charge in [-0.1, -0.05) is 18.2 Å². The lowest BCUT2D eigenvalue weighted by Gasteiger charge is -2.07. The molecule has 0 radical (unpaired) electrons. The second kappa shape index (κ2) is 4.61. The maximum absolute atomic E-state index is 11.1. The maximum Gasteiger partial charge on any atom is 0.354 e. The SMILES string of the molecule is O=C(O)c1cc(-n2cc(I)cn2)c2ccccc2n1. The smallest absolute Gasteiger partial charge is 0.354 e. The summed E-state index contributed by atoms with van der Waals surface area (Å²) in [6, 6.07) is 8.95. The minimum atomic E-state index is -1.05. The van der Waals surface area contributed by atoms with Crippen molar-refractivity contribution in [1.82, 2.24) is 14.8 Å². The summed E-state index contributed by atoms with van der Waals surface area (Å²) in [5, 5.41) is 14.2. The van der Waals surface area contributed by atoms with Gasteiger partial charge in [0, 0.05) is 11.6 Å². The topological polar surface area (TPSA) is 68.0 Å². The second-order valence-electron chi connectivity index (χ2n) is 3.95. The minimum absolute atomic E-state index is 0.0132. The van der Waals surface area contributed by atoms with Crippen molar-refractivity contribution in [3.63, 3.8) is 0 Å². The summed E-state index contributed by atoms with van der Waals surface area (Å²) in [6.45, 7) is 0. The van der Waals surface area contributed by atoms with Crippen LogP contribution in [0.15, 0.2) is 42.7 Å². The summed E-state index contributed by atoms with van der Waals surface area (Å²) in [5.41, 5.74) is 1.37. The number of pyridine rings is 1. The van der Waals surface area contributed by atoms with Gasteiger partial charge in [-0.2, -0.15) is 5.10 Å². The number of rotatable bonds is 2. The molecule has 0 bridgehead atoms. The highest BCUT2D eigenvalue weighted by Gasteiger charge is 2.12. The van der Waals surface area contributed by atoms with E-state index in [1.807, 2.05) is 24.4 Å². The fourth-order valence-electron chi connectivity index (χ4n) is 1.89. The van der Waals surface area contributed by atoms with E-state index in [-0.39, 0.29) is 5.69 Å². The van der Waals surface area contributed by atoms with Gasteiger partial charge in [0.1, 0.15) is 0 Å². The van der Waals surface area contributed by atoms with Crippen molar-refractivity contribution in [2.45, 2.75) is 0 Å². The number of fused-ring (bicyclic) bond motifs is 1. The molecule has 1 N–H and O–H groups in total. The first-order chi connectivity index (χ1) is 9.15. The van der Waals surface area contributed by atoms with Gasteiger partial charge in [-0.25, -0.2) is 14.5 Å². The largest absolute Gasteiger partial charge is 0.477 e. The van der Waals surface area contributed by atoms with Crippen molar-refractivity contribution in [2.75, 3.05) is 0 Å². The number of benzene rings is 1. The zero-order valence-corrected chi connectivity index (χ0v) is 11.8. The van der Waals surface area contributed by atoms with E-state index in [1.54, 1.807) is 16.9 Å². The molecule has 2 heterocycles. The van der Waals surface area contributed by atoms with Crippen molar-refractivity contribution in [2.24, 2.45) is 0 Å². The van der Waals surface area contributed by atoms with Gasteiger partial charge in [-0.05, 0) is 34.7 Å². The molecule has 19 heavy (non-hydrogen) atoms. The Kier molecular flexibility index (Phi) is 2.94. The Morgan fingerprint density at radius 2 is 2.11 bits per heavy atom. The number of aromatic carboxylic acids is 1. The van der Waals surface area contributed by atoms with E-state index < -0.39 is 5.97 Å². The lowest BCUT2D eigenvalue weighted by Crippen LogP contribution is -2.04. The summed E-state index contributed by atoms with van der Waals surface area (Å²) >= 11 is 2.16. The average Bonchev–Trinajstić information content (AvgIpc) is 2.84. The number of nitrogens with zero attached hydrogens (tertiary/aromatic N) is 3. The third kappa shape index (κ3) is 2.19. The van der Waals surface area contributed by atoms with Crippen LogP contribution in [-0.4, -0.2) is 25.8 Å². The van der Waals surface area contributed by atoms with Crippen molar-refractivity contribution in [1.29, 1.82) is 0 Å². The molecule has 5 nitrogen and oxygen atoms in total. The van der Waals surface area contributed by atoms with Gasteiger partial charge in [-0.15, -0.1) is 0 Å². The van der Waals surface area contributed by atoms with Crippen LogP contribution in [0.4, 0.5) is 0 Å². The molecule has 3 aromatic rings. The zero-order valence-electron chi connectivity index (χ0n) is 9.62. The van der Waals surface area contributed by atoms with Crippen LogP contribution in [-0.2, 0) is 0 Å². The number of carboxylic acids is 1. The van der Waals surface area contributed by atoms with E-state index in [0.29, 0.717) is 11.2 Å². The number of carbonyl (C=O) groups is 1. The number of aromatic nitrogens is 3. The van der Waals surface area contributed by atoms with E-state index in [9.17, 15) is 4.79 Å². The van der Waals surface area contributed by atoms with Crippen LogP contribution in [0.25, 0.3) is 16.6 Å². The highest BCUT2D eigenvalue weighted by molar-refractivity contribution is 14.1. The third-order valence-electron chi connectivity index (χ3n) is 2.71. The van der Waals surface area contributed by atoms with E-state index in [2.05, 4.69) is 32.7 Å². The fraction of sp³-hybridized carbons (Fsp3) is 0. The molecule has 0 aliphatic heterocycles. The summed E-state index contributed by atoms with van der Waals surface area (Å²) in [7, 11) is 0. The minimum Gasteiger partial charge on any atom is -0.477 e. The Labute approximate surface area is 122 Å². The van der Waals surface area contributed by atoms with Crippen LogP contribution in [0, 0.1) is 3.57 Å². The van der Waals surface area contributed by atoms with Gasteiger partial charge < -0.3 is 5.11 Å². The Morgan fingerprint density at radius 1 is 1.32 bits per heavy atom. The van der Waals surface area contributed by atoms with Gasteiger partial charge in [0.25, 0.3) is 0 Å². The first-order valence-corrected chi connectivity index (χ1v) is 6.56. The number of halogens is 1. The molecule has 0 spiro atoms. The third-order valence-corrected chi connectivity index (χ3v) is 3.27. The predicted octanol–water partition coefficient (Wildman–Crippen LogP) is 2.72. The average molecular weight is 365 g/mol. The van der Waals surface area contributed by atoms with Crippen LogP contribution in [0.2, 0.25) is 0 Å². The molecule has 2 aromatic heterocycles. The Balaban J connectivity index is 2.35. The Hall–Kier alpha value is -1.96. The highest BCUT2D eigenvalue weighted by Crippen LogP contribution is 2.22. The molecule has 3 rings (SSSR count). The van der Waals surface area contributed by atoms with E-state index >= 15 is 0 Å². The van der Waals surface area contributed by atoms with Crippen molar-refractivity contribution >= 4 is 39.5 Å². The zero-order chi connectivity index (χ0) is 13.4. The van der Waals surface area contributed by atoms with Gasteiger partial charge in [0.2, 0.25) is 0 Å². The van der Waals surface area contributed by atoms with Gasteiger partial charge in [-0.3, -0.25) is 0 Å². The van der Waals surface area contributed by atoms with Crippen LogP contribution in [0.5, 0.6) is 0 Å². The Morgan fingerprint density at radius 3 is 2.79 bits per heavy atom. The first-order valence-electron chi connectivity index (χ1n) is 5.49. The van der Waals surface area contributed by atoms with Gasteiger partial charge >= 0.3 is 5.97 Å². The molecule has 0 amide bonds. The molecule has 0 saturated carbocycles. The highest BCUT2D eigenvalue weighted by atomic mass is 127. The molecule has 0 unspecified atom stereocenters. The van der Waals surface area contributed by atoms with Gasteiger partial charge in [0.05, 0.1) is 21.0 Å². The summed E-state index contributed by atoms with van der Waals surface area (Å²) in [5.74, 6) is -1.05. The van der Waals surface area contributed by atoms with Crippen LogP contribution in [0.3, 0.4) is 0 Å². The monoisotopic (exact) mass is 365 g/mol. The molecule has 1 aromatic carbocycles. The van der Waals surface area contributed by atoms with Gasteiger partial charge in [0.15, 0.2) is 5.69 Å². The molecule has 0 atom stereocenters. The predicted molar refractivity (Wildman–Crippen MR) is 78.5 cm³/mol. The van der Waals surface area contributed by atoms with E-state index in [1.165, 1.54) is 6.07 Å². The summed E-state index contributed by atoms with van der Waals surface area (Å²) in [4.78, 5) is 15.3. The quantitative estimate of drug-likeness (QED) is 0.710. The molecule has 0 aliphatic carbocycles. The molecular weight excluding hydrogens is 357 g/mol. The lowest BCUT2D eigenvalue weighted by molar-refractivity contribution is 0.0691. The first kappa shape index (κ1) is 12.1. The van der Waals surface area contributed by atoms with Crippen LogP contribution < -0.4 is 0 Å². The molecule has 0 fully saturated rings. The lowest BCUT2D eigenvalue weighted by atomic mass is 10.1. The number of hydrogen-bond donors (Lipinski definition) is 1. The van der Waals surface area contributed by atoms with Crippen molar-refractivity contribution in [3.8, 4) is 5.69 Å². The van der Waals surface area contributed by atoms with Crippen molar-refractivity contribution in [3.05, 3.63) is 52.0 Å². The standard InChI is InChI=1S/C13H8IN3O2/c14-8-6-15-17(7-8)12-5-11(13(18)19)16-10-4-2-1-3-9(10)12/h1-7H,(H,18,19). The second-order valence-corrected chi connectivity index (χ2v) is 5.20. The van der Waals surface area contributed by atoms with Crippen LogP contribution >= 0.6 is 22.6 Å². The molecular formula is C13H8IN3O2. The summed E-state index contributed by atoms with van der Waals surface area (Å²) < 4.78 is 2.65. The molecule has 94 valence electrons. The van der Waals surface area contributed by atoms with Crippen LogP contribution in [0.1, 0.15) is 10.5 Å². The van der Waals surface area contributed by atoms with E-state index in [4.69, 9.17) is 5.11 Å². The molecule has 0 aliphatic rings. The molecule has 6 heteroatoms. The normalized spacial score (nSPS) is 10.8. The number of hydrogen-bond acceptors (Lipinski definition) is 3. The fourth-order valence-corrected chi connectivity index (χ4v) is 2.28. The van der Waals surface area contributed by atoms with Crippen molar-refractivity contribution < 1.29 is 9.90 Å². The molecule has 0 saturated heterocycles. The Bertz CT molecular complexity index is 782. The number of carboxylic acid groups (broad SMARTS) is 1.